The first kappa shape index (κ1) is 20.2. The lowest BCUT2D eigenvalue weighted by Crippen LogP contribution is -3.08. The van der Waals surface area contributed by atoms with Crippen molar-refractivity contribution in [2.45, 2.75) is 57.0 Å². The Morgan fingerprint density at radius 1 is 1.19 bits per heavy atom. The molecular formula is C25H35N5O2+2. The monoisotopic (exact) mass is 437 g/mol. The average Bonchev–Trinajstić information content (AvgIpc) is 3.30. The third-order valence-corrected chi connectivity index (χ3v) is 8.49. The van der Waals surface area contributed by atoms with E-state index in [1.807, 2.05) is 22.7 Å². The van der Waals surface area contributed by atoms with Gasteiger partial charge in [0.25, 0.3) is 0 Å². The molecule has 7 heteroatoms. The quantitative estimate of drug-likeness (QED) is 0.500. The number of hydrogen-bond acceptors (Lipinski definition) is 2. The molecule has 170 valence electrons. The molecule has 0 spiro atoms. The van der Waals surface area contributed by atoms with Crippen LogP contribution < -0.4 is 19.9 Å². The number of quaternary nitrogens is 1. The maximum Gasteiger partial charge on any atom is 0.351 e. The van der Waals surface area contributed by atoms with E-state index in [1.165, 1.54) is 24.2 Å². The highest BCUT2D eigenvalue weighted by Crippen LogP contribution is 2.55. The van der Waals surface area contributed by atoms with E-state index in [2.05, 4.69) is 28.7 Å². The summed E-state index contributed by atoms with van der Waals surface area (Å²) in [4.78, 5) is 29.9. The molecule has 2 atom stereocenters. The summed E-state index contributed by atoms with van der Waals surface area (Å²) in [5.41, 5.74) is 2.14. The number of fused-ring (bicyclic) bond motifs is 1. The number of hydrogen-bond donors (Lipinski definition) is 4. The lowest BCUT2D eigenvalue weighted by atomic mass is 9.53. The van der Waals surface area contributed by atoms with Gasteiger partial charge in [-0.25, -0.2) is 4.98 Å². The molecule has 2 unspecified atom stereocenters. The fourth-order valence-corrected chi connectivity index (χ4v) is 7.69. The number of aromatic nitrogens is 2. The van der Waals surface area contributed by atoms with Crippen LogP contribution in [-0.4, -0.2) is 42.5 Å². The Morgan fingerprint density at radius 2 is 1.91 bits per heavy atom. The molecule has 4 bridgehead atoms. The van der Waals surface area contributed by atoms with Crippen molar-refractivity contribution in [1.29, 1.82) is 0 Å². The van der Waals surface area contributed by atoms with E-state index in [0.29, 0.717) is 18.2 Å². The number of H-pyrrole nitrogens is 1. The first-order chi connectivity index (χ1) is 15.5. The standard InChI is InChI=1S/C25H33N5O2/c1-29(14-19-9-22(31)26-13-19)15-20-21-4-2-3-5-30(21)23(27-20)24(32)28-25-10-16-6-17(11-25)8-18(7-16)12-25/h2-5,16-19H,6-15H2,1H3,(H2,26,28,31,32)/p+2. The molecule has 3 heterocycles. The van der Waals surface area contributed by atoms with Crippen molar-refractivity contribution in [1.82, 2.24) is 15.6 Å². The fourth-order valence-electron chi connectivity index (χ4n) is 7.69. The first-order valence-corrected chi connectivity index (χ1v) is 12.4. The van der Waals surface area contributed by atoms with Gasteiger partial charge >= 0.3 is 11.7 Å². The normalized spacial score (nSPS) is 34.1. The van der Waals surface area contributed by atoms with Crippen molar-refractivity contribution in [3.8, 4) is 0 Å². The third-order valence-electron chi connectivity index (χ3n) is 8.49. The summed E-state index contributed by atoms with van der Waals surface area (Å²) < 4.78 is 2.01. The van der Waals surface area contributed by atoms with Gasteiger partial charge in [0.1, 0.15) is 6.54 Å². The molecule has 7 nitrogen and oxygen atoms in total. The molecule has 7 rings (SSSR count). The number of amides is 2. The van der Waals surface area contributed by atoms with E-state index in [1.54, 1.807) is 0 Å². The molecule has 0 radical (unpaired) electrons. The number of imidazole rings is 1. The van der Waals surface area contributed by atoms with Crippen LogP contribution in [0.4, 0.5) is 0 Å². The van der Waals surface area contributed by atoms with E-state index < -0.39 is 0 Å². The van der Waals surface area contributed by atoms with Crippen molar-refractivity contribution in [2.75, 3.05) is 20.1 Å². The largest absolute Gasteiger partial charge is 0.356 e. The Kier molecular flexibility index (Phi) is 4.79. The minimum Gasteiger partial charge on any atom is -0.356 e. The van der Waals surface area contributed by atoms with Gasteiger partial charge in [-0.3, -0.25) is 9.59 Å². The molecule has 1 aliphatic heterocycles. The summed E-state index contributed by atoms with van der Waals surface area (Å²) in [5.74, 6) is 3.63. The molecule has 0 aromatic carbocycles. The summed E-state index contributed by atoms with van der Waals surface area (Å²) in [6.45, 7) is 2.50. The zero-order chi connectivity index (χ0) is 21.9. The van der Waals surface area contributed by atoms with Gasteiger partial charge in [0.15, 0.2) is 5.52 Å². The third kappa shape index (κ3) is 3.60. The first-order valence-electron chi connectivity index (χ1n) is 12.4. The van der Waals surface area contributed by atoms with Crippen molar-refractivity contribution in [3.63, 3.8) is 0 Å². The highest BCUT2D eigenvalue weighted by molar-refractivity contribution is 5.90. The lowest BCUT2D eigenvalue weighted by molar-refractivity contribution is -0.897. The molecule has 2 amide bonds. The molecule has 1 saturated heterocycles. The Balaban J connectivity index is 1.22. The SMILES string of the molecule is C[NH+](Cc1[nH]c(C(=O)NC23CC4CC(CC(C4)C2)C3)[n+]2ccccc12)CC1CNC(=O)C1. The number of aromatic amines is 1. The maximum absolute atomic E-state index is 13.5. The van der Waals surface area contributed by atoms with Crippen LogP contribution in [-0.2, 0) is 11.3 Å². The number of pyridine rings is 1. The fraction of sp³-hybridized carbons (Fsp3) is 0.640. The van der Waals surface area contributed by atoms with Crippen LogP contribution in [0.2, 0.25) is 0 Å². The van der Waals surface area contributed by atoms with E-state index >= 15 is 0 Å². The molecule has 5 fully saturated rings. The van der Waals surface area contributed by atoms with E-state index in [-0.39, 0.29) is 17.4 Å². The molecule has 2 aromatic rings. The number of carbonyl (C=O) groups is 2. The lowest BCUT2D eigenvalue weighted by Gasteiger charge is -2.56. The van der Waals surface area contributed by atoms with Crippen LogP contribution in [0.5, 0.6) is 0 Å². The predicted molar refractivity (Wildman–Crippen MR) is 119 cm³/mol. The van der Waals surface area contributed by atoms with Crippen LogP contribution in [0.1, 0.15) is 61.3 Å². The Morgan fingerprint density at radius 3 is 2.56 bits per heavy atom. The maximum atomic E-state index is 13.5. The second-order valence-electron chi connectivity index (χ2n) is 11.3. The van der Waals surface area contributed by atoms with Gasteiger partial charge < -0.3 is 15.5 Å². The van der Waals surface area contributed by atoms with Gasteiger partial charge in [-0.05, 0) is 68.4 Å². The van der Waals surface area contributed by atoms with E-state index in [9.17, 15) is 9.59 Å². The smallest absolute Gasteiger partial charge is 0.351 e. The predicted octanol–water partition coefficient (Wildman–Crippen LogP) is 0.603. The number of nitrogens with one attached hydrogen (secondary N) is 4. The zero-order valence-electron chi connectivity index (χ0n) is 19.0. The second-order valence-corrected chi connectivity index (χ2v) is 11.3. The van der Waals surface area contributed by atoms with Crippen LogP contribution >= 0.6 is 0 Å². The van der Waals surface area contributed by atoms with Gasteiger partial charge in [0.2, 0.25) is 11.6 Å². The van der Waals surface area contributed by atoms with Crippen LogP contribution in [0, 0.1) is 23.7 Å². The van der Waals surface area contributed by atoms with Crippen LogP contribution in [0.25, 0.3) is 5.52 Å². The van der Waals surface area contributed by atoms with Gasteiger partial charge in [-0.15, -0.1) is 0 Å². The van der Waals surface area contributed by atoms with Gasteiger partial charge in [-0.1, -0.05) is 6.07 Å². The Labute approximate surface area is 188 Å². The number of rotatable bonds is 6. The summed E-state index contributed by atoms with van der Waals surface area (Å²) in [6.07, 6.45) is 10.2. The minimum atomic E-state index is 0.00280. The van der Waals surface area contributed by atoms with Gasteiger partial charge in [-0.2, -0.15) is 4.40 Å². The highest BCUT2D eigenvalue weighted by atomic mass is 16.2. The van der Waals surface area contributed by atoms with Gasteiger partial charge in [0.05, 0.1) is 19.8 Å². The van der Waals surface area contributed by atoms with Crippen molar-refractivity contribution >= 4 is 17.3 Å². The summed E-state index contributed by atoms with van der Waals surface area (Å²) in [5, 5.41) is 6.45. The molecule has 4 N–H and O–H groups in total. The molecule has 4 aliphatic carbocycles. The topological polar surface area (TPSA) is 82.5 Å². The van der Waals surface area contributed by atoms with E-state index in [4.69, 9.17) is 0 Å². The minimum absolute atomic E-state index is 0.00280. The van der Waals surface area contributed by atoms with Crippen molar-refractivity contribution in [3.05, 3.63) is 35.9 Å². The summed E-state index contributed by atoms with van der Waals surface area (Å²) >= 11 is 0. The average molecular weight is 438 g/mol. The zero-order valence-corrected chi connectivity index (χ0v) is 19.0. The summed E-state index contributed by atoms with van der Waals surface area (Å²) in [6, 6.07) is 6.10. The highest BCUT2D eigenvalue weighted by Gasteiger charge is 2.52. The molecule has 4 saturated carbocycles. The van der Waals surface area contributed by atoms with Crippen molar-refractivity contribution in [2.24, 2.45) is 23.7 Å². The molecule has 32 heavy (non-hydrogen) atoms. The van der Waals surface area contributed by atoms with Gasteiger partial charge in [0, 0.05) is 24.4 Å². The molecule has 5 aliphatic rings. The molecule has 2 aromatic heterocycles. The van der Waals surface area contributed by atoms with Crippen LogP contribution in [0.3, 0.4) is 0 Å². The number of carbonyl (C=O) groups excluding carboxylic acids is 2. The van der Waals surface area contributed by atoms with Crippen LogP contribution in [0.15, 0.2) is 24.4 Å². The Bertz CT molecular complexity index is 1020. The number of nitrogens with zero attached hydrogens (tertiary/aromatic N) is 1. The van der Waals surface area contributed by atoms with Crippen molar-refractivity contribution < 1.29 is 18.9 Å². The Hall–Kier alpha value is -2.41. The second kappa shape index (κ2) is 7.58. The summed E-state index contributed by atoms with van der Waals surface area (Å²) in [7, 11) is 2.16. The molecular weight excluding hydrogens is 402 g/mol. The van der Waals surface area contributed by atoms with E-state index in [0.717, 1.165) is 67.9 Å².